The molecule has 0 bridgehead atoms. The summed E-state index contributed by atoms with van der Waals surface area (Å²) >= 11 is 0. The quantitative estimate of drug-likeness (QED) is 0.195. The van der Waals surface area contributed by atoms with Crippen LogP contribution in [0.2, 0.25) is 0 Å². The summed E-state index contributed by atoms with van der Waals surface area (Å²) in [5.41, 5.74) is 6.86. The molecule has 0 aliphatic rings. The van der Waals surface area contributed by atoms with E-state index in [4.69, 9.17) is 12.2 Å². The van der Waals surface area contributed by atoms with E-state index in [-0.39, 0.29) is 29.6 Å². The Morgan fingerprint density at radius 2 is 1.70 bits per heavy atom. The van der Waals surface area contributed by atoms with Gasteiger partial charge < -0.3 is 12.2 Å². The van der Waals surface area contributed by atoms with Crippen LogP contribution in [0.15, 0.2) is 24.3 Å². The van der Waals surface area contributed by atoms with Crippen LogP contribution in [0.25, 0.3) is 0 Å². The summed E-state index contributed by atoms with van der Waals surface area (Å²) in [5.74, 6) is 2.25. The molecule has 0 saturated heterocycles. The largest absolute Gasteiger partial charge is 1.00 e. The zero-order valence-corrected chi connectivity index (χ0v) is 7.89. The average molecular weight is 139 g/mol. The molecule has 1 nitrogen and oxygen atoms in total. The topological polar surface area (TPSA) is 26.0 Å². The van der Waals surface area contributed by atoms with Gasteiger partial charge in [0, 0.05) is 5.69 Å². The Balaban J connectivity index is 0.000000810. The number of benzene rings is 1. The third-order valence-electron chi connectivity index (χ3n) is 1.06. The molecule has 0 fully saturated rings. The zero-order valence-electron chi connectivity index (χ0n) is 5.89. The Hall–Kier alpha value is -0.420. The molecular formula is C8H6NNa. The normalized spacial score (nSPS) is 7.50. The number of rotatable bonds is 0. The van der Waals surface area contributed by atoms with Crippen molar-refractivity contribution in [2.45, 2.75) is 0 Å². The maximum absolute atomic E-state index is 6.72. The van der Waals surface area contributed by atoms with Crippen molar-refractivity contribution in [1.82, 2.24) is 0 Å². The summed E-state index contributed by atoms with van der Waals surface area (Å²) in [7, 11) is 0. The van der Waals surface area contributed by atoms with E-state index < -0.39 is 0 Å². The average Bonchev–Trinajstić information content (AvgIpc) is 1.90. The van der Waals surface area contributed by atoms with Crippen LogP contribution in [0.1, 0.15) is 5.56 Å². The van der Waals surface area contributed by atoms with Gasteiger partial charge >= 0.3 is 29.6 Å². The van der Waals surface area contributed by atoms with Gasteiger partial charge in [-0.3, -0.25) is 5.92 Å². The van der Waals surface area contributed by atoms with Gasteiger partial charge in [0.25, 0.3) is 0 Å². The Morgan fingerprint density at radius 1 is 1.20 bits per heavy atom. The maximum atomic E-state index is 6.72. The molecule has 0 heterocycles. The van der Waals surface area contributed by atoms with Crippen LogP contribution in [-0.2, 0) is 0 Å². The molecule has 0 atom stereocenters. The molecule has 0 aliphatic carbocycles. The van der Waals surface area contributed by atoms with Crippen molar-refractivity contribution in [2.24, 2.45) is 0 Å². The first-order valence-corrected chi connectivity index (χ1v) is 2.61. The number of anilines is 1. The predicted octanol–water partition coefficient (Wildman–Crippen LogP) is -1.79. The second kappa shape index (κ2) is 4.40. The van der Waals surface area contributed by atoms with E-state index in [2.05, 4.69) is 5.92 Å². The predicted molar refractivity (Wildman–Crippen MR) is 37.1 cm³/mol. The monoisotopic (exact) mass is 139 g/mol. The van der Waals surface area contributed by atoms with Crippen molar-refractivity contribution in [1.29, 1.82) is 0 Å². The van der Waals surface area contributed by atoms with Crippen LogP contribution in [-0.4, -0.2) is 0 Å². The van der Waals surface area contributed by atoms with Crippen LogP contribution in [0, 0.1) is 12.3 Å². The van der Waals surface area contributed by atoms with Gasteiger partial charge in [-0.1, -0.05) is 12.1 Å². The van der Waals surface area contributed by atoms with Crippen molar-refractivity contribution in [3.05, 3.63) is 36.3 Å². The van der Waals surface area contributed by atoms with E-state index in [1.807, 2.05) is 0 Å². The fourth-order valence-corrected chi connectivity index (χ4v) is 0.566. The molecule has 1 rings (SSSR count). The van der Waals surface area contributed by atoms with E-state index in [0.717, 1.165) is 5.56 Å². The molecule has 0 aromatic heterocycles. The molecule has 2 heteroatoms. The van der Waals surface area contributed by atoms with Gasteiger partial charge in [-0.05, 0) is 0 Å². The van der Waals surface area contributed by atoms with Gasteiger partial charge in [0.05, 0.1) is 0 Å². The number of nitrogens with two attached hydrogens (primary N) is 1. The summed E-state index contributed by atoms with van der Waals surface area (Å²) in [6.45, 7) is 0. The Bertz CT molecular complexity index is 232. The second-order valence-electron chi connectivity index (χ2n) is 1.75. The third-order valence-corrected chi connectivity index (χ3v) is 1.06. The fraction of sp³-hybridized carbons (Fsp3) is 0. The van der Waals surface area contributed by atoms with Crippen molar-refractivity contribution in [3.8, 4) is 5.92 Å². The second-order valence-corrected chi connectivity index (χ2v) is 1.75. The third kappa shape index (κ3) is 2.45. The molecule has 44 valence electrons. The first kappa shape index (κ1) is 9.58. The van der Waals surface area contributed by atoms with Gasteiger partial charge in [-0.25, -0.2) is 0 Å². The van der Waals surface area contributed by atoms with Crippen molar-refractivity contribution in [3.63, 3.8) is 0 Å². The molecule has 0 radical (unpaired) electrons. The summed E-state index contributed by atoms with van der Waals surface area (Å²) in [6.07, 6.45) is 6.72. The molecule has 0 saturated carbocycles. The molecule has 10 heavy (non-hydrogen) atoms. The van der Waals surface area contributed by atoms with Gasteiger partial charge in [-0.15, -0.1) is 17.7 Å². The first-order valence-electron chi connectivity index (χ1n) is 2.61. The van der Waals surface area contributed by atoms with Crippen LogP contribution in [0.3, 0.4) is 0 Å². The van der Waals surface area contributed by atoms with Gasteiger partial charge in [0.15, 0.2) is 0 Å². The van der Waals surface area contributed by atoms with Gasteiger partial charge in [-0.2, -0.15) is 0 Å². The van der Waals surface area contributed by atoms with Crippen LogP contribution >= 0.6 is 0 Å². The number of nitrogen functional groups attached to an aromatic ring is 1. The smallest absolute Gasteiger partial charge is 0.399 e. The minimum atomic E-state index is 0. The molecule has 0 aliphatic heterocycles. The Morgan fingerprint density at radius 3 is 2.10 bits per heavy atom. The standard InChI is InChI=1S/C8H6N.Na/c1-2-7-3-5-8(9)6-4-7;/h3-6H,9H2;/q-1;+1. The molecule has 0 unspecified atom stereocenters. The van der Waals surface area contributed by atoms with Crippen molar-refractivity contribution >= 4 is 5.69 Å². The van der Waals surface area contributed by atoms with Crippen LogP contribution in [0.4, 0.5) is 5.69 Å². The maximum Gasteiger partial charge on any atom is 1.00 e. The van der Waals surface area contributed by atoms with Crippen molar-refractivity contribution in [2.75, 3.05) is 5.73 Å². The minimum absolute atomic E-state index is 0. The van der Waals surface area contributed by atoms with E-state index in [1.165, 1.54) is 0 Å². The Kier molecular flexibility index (Phi) is 4.22. The molecule has 2 N–H and O–H groups in total. The summed E-state index contributed by atoms with van der Waals surface area (Å²) in [5, 5.41) is 0. The van der Waals surface area contributed by atoms with Crippen molar-refractivity contribution < 1.29 is 29.6 Å². The van der Waals surface area contributed by atoms with E-state index in [1.54, 1.807) is 24.3 Å². The summed E-state index contributed by atoms with van der Waals surface area (Å²) < 4.78 is 0. The van der Waals surface area contributed by atoms with Crippen LogP contribution < -0.4 is 35.3 Å². The summed E-state index contributed by atoms with van der Waals surface area (Å²) in [6, 6.07) is 7.00. The van der Waals surface area contributed by atoms with E-state index >= 15 is 0 Å². The molecular weight excluding hydrogens is 133 g/mol. The SMILES string of the molecule is [C-]#Cc1ccc(N)cc1.[Na+]. The van der Waals surface area contributed by atoms with Gasteiger partial charge in [0.2, 0.25) is 0 Å². The number of hydrogen-bond donors (Lipinski definition) is 1. The molecule has 0 amide bonds. The molecule has 1 aromatic carbocycles. The van der Waals surface area contributed by atoms with E-state index in [9.17, 15) is 0 Å². The van der Waals surface area contributed by atoms with E-state index in [0.29, 0.717) is 5.69 Å². The fourth-order valence-electron chi connectivity index (χ4n) is 0.566. The molecule has 0 spiro atoms. The first-order chi connectivity index (χ1) is 4.33. The zero-order chi connectivity index (χ0) is 6.69. The number of hydrogen-bond acceptors (Lipinski definition) is 1. The molecule has 1 aromatic rings. The van der Waals surface area contributed by atoms with Crippen LogP contribution in [0.5, 0.6) is 0 Å². The van der Waals surface area contributed by atoms with Gasteiger partial charge in [0.1, 0.15) is 0 Å². The summed E-state index contributed by atoms with van der Waals surface area (Å²) in [4.78, 5) is 0. The minimum Gasteiger partial charge on any atom is -0.399 e. The Labute approximate surface area is 82.9 Å².